The lowest BCUT2D eigenvalue weighted by atomic mass is 9.97. The van der Waals surface area contributed by atoms with Gasteiger partial charge in [0.15, 0.2) is 11.6 Å². The summed E-state index contributed by atoms with van der Waals surface area (Å²) >= 11 is 12.8. The number of benzene rings is 8. The van der Waals surface area contributed by atoms with Gasteiger partial charge in [-0.2, -0.15) is 0 Å². The van der Waals surface area contributed by atoms with Gasteiger partial charge < -0.3 is 31.9 Å². The highest BCUT2D eigenvalue weighted by Crippen LogP contribution is 2.36. The maximum absolute atomic E-state index is 14.0. The van der Waals surface area contributed by atoms with Gasteiger partial charge in [0, 0.05) is 121 Å². The minimum absolute atomic E-state index is 0.0569. The number of hydrogen-bond acceptors (Lipinski definition) is 21. The average molecular weight is 1790 g/mol. The van der Waals surface area contributed by atoms with E-state index in [0.29, 0.717) is 94.7 Å². The first-order chi connectivity index (χ1) is 63.9. The number of pyridine rings is 9. The van der Waals surface area contributed by atoms with Gasteiger partial charge in [-0.25, -0.2) is 34.3 Å². The van der Waals surface area contributed by atoms with E-state index in [0.717, 1.165) is 106 Å². The molecule has 656 valence electrons. The molecular weight excluding hydrogens is 1700 g/mol. The monoisotopic (exact) mass is 1790 g/mol. The van der Waals surface area contributed by atoms with Gasteiger partial charge in [0.1, 0.15) is 39.5 Å². The molecule has 0 saturated carbocycles. The number of nitrogens with one attached hydrogen (secondary N) is 4. The van der Waals surface area contributed by atoms with Crippen LogP contribution in [0.2, 0.25) is 10.0 Å². The van der Waals surface area contributed by atoms with E-state index in [-0.39, 0.29) is 58.0 Å². The largest absolute Gasteiger partial charge is 0.387 e. The summed E-state index contributed by atoms with van der Waals surface area (Å²) in [6.07, 6.45) is 7.37. The predicted octanol–water partition coefficient (Wildman–Crippen LogP) is 20.8. The van der Waals surface area contributed by atoms with Gasteiger partial charge in [0.2, 0.25) is 5.95 Å². The van der Waals surface area contributed by atoms with Crippen LogP contribution in [-0.2, 0) is 6.42 Å². The zero-order valence-electron chi connectivity index (χ0n) is 73.7. The summed E-state index contributed by atoms with van der Waals surface area (Å²) in [5.41, 5.74) is 21.6. The van der Waals surface area contributed by atoms with E-state index in [1.807, 2.05) is 287 Å². The molecule has 4 atom stereocenters. The zero-order chi connectivity index (χ0) is 92.1. The molecule has 6 N–H and O–H groups in total. The topological polar surface area (TPSA) is 307 Å². The van der Waals surface area contributed by atoms with Crippen molar-refractivity contribution in [2.24, 2.45) is 0 Å². The van der Waals surface area contributed by atoms with E-state index in [4.69, 9.17) is 28.9 Å². The number of nitrogen functional groups attached to an aromatic ring is 1. The fourth-order valence-electron chi connectivity index (χ4n) is 16.8. The molecule has 0 aliphatic heterocycles. The molecule has 0 bridgehead atoms. The molecule has 0 aliphatic carbocycles. The van der Waals surface area contributed by atoms with Crippen molar-refractivity contribution >= 4 is 145 Å². The molecular formula is C104H90Cl2FN21O4. The number of rotatable bonds is 18. The first-order valence-corrected chi connectivity index (χ1v) is 43.6. The average Bonchev–Trinajstić information content (AvgIpc) is 0.764. The SMILES string of the molecule is CNc1cccc2cc([C@H](C)Nc3nc(C)nc4cccnc34)n(-c3ccccc3)c(=O)c12.C[C@H](Cc1nc(N)nc2cccnc12)c1cc2cccc(Cl)c2c(=O)n1-c1ccc(F)cc1.Cc1cc(N[C@@H](C)c2cc3cccc(Cl)c3c(=O)n2-c2ccccc2)c2ncccc2n1.Cc1nc(N[C@@H](C)c2cc3cccc(N(C)C)c3c(=O)n2-c2ccccc2)c2ncccc2n1. The van der Waals surface area contributed by atoms with Gasteiger partial charge >= 0.3 is 0 Å². The number of para-hydroxylation sites is 3. The first kappa shape index (κ1) is 88.0. The normalized spacial score (nSPS) is 12.2. The molecule has 0 spiro atoms. The zero-order valence-corrected chi connectivity index (χ0v) is 75.2. The molecule has 20 aromatic rings. The number of hydrogen-bond donors (Lipinski definition) is 5. The molecule has 12 aromatic heterocycles. The lowest BCUT2D eigenvalue weighted by Gasteiger charge is -2.23. The van der Waals surface area contributed by atoms with Crippen LogP contribution in [-0.4, -0.2) is 94.2 Å². The van der Waals surface area contributed by atoms with Gasteiger partial charge in [-0.05, 0) is 227 Å². The summed E-state index contributed by atoms with van der Waals surface area (Å²) in [6.45, 7) is 13.8. The Bertz CT molecular complexity index is 7960. The van der Waals surface area contributed by atoms with Crippen molar-refractivity contribution in [3.05, 3.63) is 395 Å². The van der Waals surface area contributed by atoms with Gasteiger partial charge in [-0.3, -0.25) is 62.4 Å². The second-order valence-electron chi connectivity index (χ2n) is 32.2. The molecule has 0 saturated heterocycles. The standard InChI is InChI=1S/C27H26N6O.C26H21ClN4O.C26H24N6O.C25H19ClFN5O/c1-17(29-26-25-21(13-9-15-28-25)30-18(2)31-26)23-16-19-10-8-14-22(32(3)4)24(19)27(34)33(23)20-11-6-5-7-12-20;1-16-14-22(25-21(29-16)12-7-13-28-25)30-17(2)23-15-18-8-6-11-20(27)24(18)26(32)31(23)19-9-4-3-5-10-19;1-16(29-25-24-21(13-8-14-28-24)30-17(2)31-25)22-15-18-9-7-12-20(27-3)23(18)26(33)32(22)19-10-5-4-6-11-19;1-14(12-20-23-19(6-3-11-29-23)30-25(28)31-20)21-13-15-4-2-5-18(26)22(15)24(33)32(21)17-9-7-16(27)8-10-17/h5-17H,1-4H3,(H,29,30,31);3-15,17H,1-2H3,(H,29,30);4-16,27H,1-3H3,(H,29,30,31);2-11,13-14H,12H2,1H3,(H2,28,30,31)/t2*17-;16-;14-/m0001/s1. The van der Waals surface area contributed by atoms with E-state index in [1.54, 1.807) is 73.4 Å². The van der Waals surface area contributed by atoms with Crippen molar-refractivity contribution in [2.45, 2.75) is 78.9 Å². The highest BCUT2D eigenvalue weighted by molar-refractivity contribution is 6.36. The highest BCUT2D eigenvalue weighted by atomic mass is 35.5. The van der Waals surface area contributed by atoms with Gasteiger partial charge in [0.25, 0.3) is 22.2 Å². The van der Waals surface area contributed by atoms with Crippen LogP contribution in [0.4, 0.5) is 39.0 Å². The Morgan fingerprint density at radius 1 is 0.379 bits per heavy atom. The van der Waals surface area contributed by atoms with Crippen LogP contribution < -0.4 is 54.1 Å². The number of nitrogens with two attached hydrogens (primary N) is 1. The third-order valence-corrected chi connectivity index (χ3v) is 23.5. The fourth-order valence-corrected chi connectivity index (χ4v) is 17.4. The summed E-state index contributed by atoms with van der Waals surface area (Å²) in [5, 5.41) is 20.1. The second-order valence-corrected chi connectivity index (χ2v) is 33.0. The Hall–Kier alpha value is -16.1. The lowest BCUT2D eigenvalue weighted by molar-refractivity contribution is 0.626. The van der Waals surface area contributed by atoms with Crippen molar-refractivity contribution in [1.82, 2.24) is 73.1 Å². The fraction of sp³-hybridized carbons (Fsp3) is 0.144. The maximum Gasteiger partial charge on any atom is 0.265 e. The van der Waals surface area contributed by atoms with Crippen molar-refractivity contribution in [2.75, 3.05) is 53.0 Å². The smallest absolute Gasteiger partial charge is 0.265 e. The van der Waals surface area contributed by atoms with Crippen molar-refractivity contribution in [3.63, 3.8) is 0 Å². The summed E-state index contributed by atoms with van der Waals surface area (Å²) in [7, 11) is 5.73. The van der Waals surface area contributed by atoms with Crippen LogP contribution in [0.25, 0.3) is 110 Å². The van der Waals surface area contributed by atoms with Crippen LogP contribution >= 0.6 is 23.2 Å². The summed E-state index contributed by atoms with van der Waals surface area (Å²) in [6, 6.07) is 82.0. The molecule has 0 aliphatic rings. The van der Waals surface area contributed by atoms with Crippen LogP contribution in [0, 0.1) is 26.6 Å². The number of fused-ring (bicyclic) bond motifs is 8. The first-order valence-electron chi connectivity index (χ1n) is 42.9. The number of aryl methyl sites for hydroxylation is 3. The van der Waals surface area contributed by atoms with Crippen molar-refractivity contribution in [3.8, 4) is 22.7 Å². The Kier molecular flexibility index (Phi) is 25.4. The number of halogens is 3. The maximum atomic E-state index is 14.0. The minimum atomic E-state index is -0.380. The van der Waals surface area contributed by atoms with Gasteiger partial charge in [-0.15, -0.1) is 0 Å². The van der Waals surface area contributed by atoms with Crippen LogP contribution in [0.3, 0.4) is 0 Å². The Morgan fingerprint density at radius 3 is 1.24 bits per heavy atom. The van der Waals surface area contributed by atoms with Crippen molar-refractivity contribution < 1.29 is 4.39 Å². The second kappa shape index (κ2) is 38.1. The third kappa shape index (κ3) is 18.0. The molecule has 8 aromatic carbocycles. The molecule has 132 heavy (non-hydrogen) atoms. The quantitative estimate of drug-likeness (QED) is 0.0533. The van der Waals surface area contributed by atoms with Crippen LogP contribution in [0.5, 0.6) is 0 Å². The molecule has 20 rings (SSSR count). The van der Waals surface area contributed by atoms with E-state index in [9.17, 15) is 23.6 Å². The Labute approximate surface area is 767 Å². The molecule has 25 nitrogen and oxygen atoms in total. The molecule has 28 heteroatoms. The van der Waals surface area contributed by atoms with Crippen LogP contribution in [0.15, 0.2) is 311 Å². The highest BCUT2D eigenvalue weighted by Gasteiger charge is 2.27. The van der Waals surface area contributed by atoms with Gasteiger partial charge in [-0.1, -0.05) is 133 Å². The third-order valence-electron chi connectivity index (χ3n) is 22.8. The summed E-state index contributed by atoms with van der Waals surface area (Å²) < 4.78 is 20.5. The summed E-state index contributed by atoms with van der Waals surface area (Å²) in [4.78, 5) is 106. The van der Waals surface area contributed by atoms with E-state index in [2.05, 4.69) is 88.2 Å². The molecule has 0 unspecified atom stereocenters. The van der Waals surface area contributed by atoms with E-state index in [1.165, 1.54) is 12.1 Å². The predicted molar refractivity (Wildman–Crippen MR) is 530 cm³/mol. The van der Waals surface area contributed by atoms with Crippen molar-refractivity contribution in [1.29, 1.82) is 0 Å². The van der Waals surface area contributed by atoms with Crippen LogP contribution in [0.1, 0.15) is 97.6 Å². The minimum Gasteiger partial charge on any atom is -0.387 e. The van der Waals surface area contributed by atoms with E-state index < -0.39 is 0 Å². The molecule has 0 fully saturated rings. The lowest BCUT2D eigenvalue weighted by Crippen LogP contribution is -2.27. The molecule has 12 heterocycles. The van der Waals surface area contributed by atoms with E-state index >= 15 is 0 Å². The number of nitrogens with zero attached hydrogens (tertiary/aromatic N) is 16. The molecule has 0 radical (unpaired) electrons. The van der Waals surface area contributed by atoms with Gasteiger partial charge in [0.05, 0.1) is 83.2 Å². The number of aromatic nitrogens is 15. The summed E-state index contributed by atoms with van der Waals surface area (Å²) in [5.74, 6) is 2.22. The molecule has 0 amide bonds. The Morgan fingerprint density at radius 2 is 0.765 bits per heavy atom. The number of anilines is 6. The Balaban J connectivity index is 0.000000123.